The maximum Gasteiger partial charge on any atom is 0.328 e. The number of thioether (sulfide) groups is 1. The van der Waals surface area contributed by atoms with Crippen molar-refractivity contribution < 1.29 is 38.8 Å². The Kier molecular flexibility index (Phi) is 14.3. The molecule has 10 nitrogen and oxygen atoms in total. The SMILES string of the molecule is COc1ccc(CCN(C)CCCCOc2ccc(C3Sc4cc(Cl)ccc4N(C)C3=O)cc2)cc1OC.O=C(O)/C=C/C(=O)O. The summed E-state index contributed by atoms with van der Waals surface area (Å²) in [6, 6.07) is 19.6. The number of hydrogen-bond acceptors (Lipinski definition) is 8. The third kappa shape index (κ3) is 11.0. The molecule has 1 aliphatic rings. The fourth-order valence-corrected chi connectivity index (χ4v) is 6.13. The molecule has 0 spiro atoms. The Hall–Kier alpha value is -4.19. The quantitative estimate of drug-likeness (QED) is 0.151. The Balaban J connectivity index is 0.000000637. The lowest BCUT2D eigenvalue weighted by molar-refractivity contribution is -0.134. The second kappa shape index (κ2) is 18.1. The van der Waals surface area contributed by atoms with Gasteiger partial charge in [-0.1, -0.05) is 29.8 Å². The van der Waals surface area contributed by atoms with Crippen molar-refractivity contribution in [1.29, 1.82) is 0 Å². The predicted molar refractivity (Wildman–Crippen MR) is 180 cm³/mol. The van der Waals surface area contributed by atoms with Crippen LogP contribution < -0.4 is 19.1 Å². The second-order valence-electron chi connectivity index (χ2n) is 10.4. The number of methoxy groups -OCH3 is 2. The average molecular weight is 671 g/mol. The number of anilines is 1. The van der Waals surface area contributed by atoms with E-state index in [9.17, 15) is 14.4 Å². The van der Waals surface area contributed by atoms with E-state index in [1.165, 1.54) is 5.56 Å². The van der Waals surface area contributed by atoms with Crippen molar-refractivity contribution in [2.75, 3.05) is 52.9 Å². The highest BCUT2D eigenvalue weighted by Crippen LogP contribution is 2.47. The molecule has 0 saturated heterocycles. The molecule has 0 radical (unpaired) electrons. The first-order valence-electron chi connectivity index (χ1n) is 14.5. The van der Waals surface area contributed by atoms with Gasteiger partial charge in [0.1, 0.15) is 11.0 Å². The molecule has 1 amide bonds. The minimum absolute atomic E-state index is 0.0636. The molecule has 3 aromatic rings. The van der Waals surface area contributed by atoms with Crippen LogP contribution in [0.2, 0.25) is 5.02 Å². The van der Waals surface area contributed by atoms with Crippen LogP contribution in [-0.4, -0.2) is 81.0 Å². The molecule has 0 aromatic heterocycles. The number of rotatable bonds is 14. The number of hydrogen-bond donors (Lipinski definition) is 2. The number of benzene rings is 3. The van der Waals surface area contributed by atoms with E-state index in [1.54, 1.807) is 30.9 Å². The van der Waals surface area contributed by atoms with Crippen LogP contribution in [0.1, 0.15) is 29.2 Å². The molecular formula is C34H39ClN2O8S. The Morgan fingerprint density at radius 1 is 0.935 bits per heavy atom. The topological polar surface area (TPSA) is 126 Å². The van der Waals surface area contributed by atoms with Crippen molar-refractivity contribution in [3.05, 3.63) is 89.0 Å². The Morgan fingerprint density at radius 3 is 2.24 bits per heavy atom. The number of nitrogens with zero attached hydrogens (tertiary/aromatic N) is 2. The lowest BCUT2D eigenvalue weighted by atomic mass is 10.1. The molecule has 2 N–H and O–H groups in total. The number of fused-ring (bicyclic) bond motifs is 1. The van der Waals surface area contributed by atoms with Crippen LogP contribution in [0.5, 0.6) is 17.2 Å². The Labute approximate surface area is 278 Å². The number of carboxylic acid groups (broad SMARTS) is 2. The number of unbranched alkanes of at least 4 members (excludes halogenated alkanes) is 1. The van der Waals surface area contributed by atoms with Gasteiger partial charge < -0.3 is 34.2 Å². The van der Waals surface area contributed by atoms with E-state index in [0.29, 0.717) is 23.8 Å². The number of carbonyl (C=O) groups excluding carboxylic acids is 1. The molecule has 1 unspecified atom stereocenters. The van der Waals surface area contributed by atoms with E-state index in [1.807, 2.05) is 61.6 Å². The highest BCUT2D eigenvalue weighted by atomic mass is 35.5. The average Bonchev–Trinajstić information content (AvgIpc) is 3.04. The first-order valence-corrected chi connectivity index (χ1v) is 15.8. The summed E-state index contributed by atoms with van der Waals surface area (Å²) in [7, 11) is 7.27. The van der Waals surface area contributed by atoms with Crippen molar-refractivity contribution in [3.63, 3.8) is 0 Å². The van der Waals surface area contributed by atoms with E-state index < -0.39 is 11.9 Å². The van der Waals surface area contributed by atoms with E-state index in [4.69, 9.17) is 36.0 Å². The number of carbonyl (C=O) groups is 3. The lowest BCUT2D eigenvalue weighted by Gasteiger charge is -2.31. The molecular weight excluding hydrogens is 632 g/mol. The highest BCUT2D eigenvalue weighted by molar-refractivity contribution is 8.00. The van der Waals surface area contributed by atoms with Gasteiger partial charge in [-0.25, -0.2) is 9.59 Å². The minimum atomic E-state index is -1.26. The van der Waals surface area contributed by atoms with E-state index in [2.05, 4.69) is 18.0 Å². The maximum absolute atomic E-state index is 13.0. The molecule has 0 bridgehead atoms. The van der Waals surface area contributed by atoms with Crippen LogP contribution in [-0.2, 0) is 20.8 Å². The summed E-state index contributed by atoms with van der Waals surface area (Å²) in [5, 5.41) is 16.0. The second-order valence-corrected chi connectivity index (χ2v) is 12.0. The standard InChI is InChI=1S/C30H35ClN2O4S.C4H4O4/c1-32(17-15-21-7-14-26(35-3)27(19-21)36-4)16-5-6-18-37-24-11-8-22(9-12-24)29-30(34)33(2)25-13-10-23(31)20-28(25)38-29;5-3(6)1-2-4(7)8/h7-14,19-20,29H,5-6,15-18H2,1-4H3;1-2H,(H,5,6)(H,7,8)/b;2-1+. The molecule has 0 fully saturated rings. The highest BCUT2D eigenvalue weighted by Gasteiger charge is 2.32. The molecule has 1 heterocycles. The molecule has 3 aromatic carbocycles. The number of amides is 1. The van der Waals surface area contributed by atoms with Crippen LogP contribution in [0, 0.1) is 0 Å². The van der Waals surface area contributed by atoms with E-state index >= 15 is 0 Å². The van der Waals surface area contributed by atoms with Crippen LogP contribution in [0.25, 0.3) is 0 Å². The number of carboxylic acids is 2. The monoisotopic (exact) mass is 670 g/mol. The van der Waals surface area contributed by atoms with Crippen molar-refractivity contribution in [2.24, 2.45) is 0 Å². The third-order valence-corrected chi connectivity index (χ3v) is 8.59. The molecule has 46 heavy (non-hydrogen) atoms. The molecule has 4 rings (SSSR count). The van der Waals surface area contributed by atoms with Gasteiger partial charge in [0.2, 0.25) is 5.91 Å². The van der Waals surface area contributed by atoms with Gasteiger partial charge >= 0.3 is 11.9 Å². The number of halogens is 1. The van der Waals surface area contributed by atoms with Gasteiger partial charge in [-0.3, -0.25) is 4.79 Å². The number of ether oxygens (including phenoxy) is 3. The molecule has 0 saturated carbocycles. The van der Waals surface area contributed by atoms with Gasteiger partial charge in [0, 0.05) is 35.7 Å². The zero-order valence-corrected chi connectivity index (χ0v) is 27.8. The zero-order chi connectivity index (χ0) is 33.6. The van der Waals surface area contributed by atoms with Gasteiger partial charge in [0.25, 0.3) is 0 Å². The smallest absolute Gasteiger partial charge is 0.328 e. The van der Waals surface area contributed by atoms with E-state index in [-0.39, 0.29) is 11.2 Å². The fourth-order valence-electron chi connectivity index (χ4n) is 4.57. The van der Waals surface area contributed by atoms with Crippen LogP contribution in [0.3, 0.4) is 0 Å². The molecule has 0 aliphatic carbocycles. The summed E-state index contributed by atoms with van der Waals surface area (Å²) in [6.07, 6.45) is 4.10. The minimum Gasteiger partial charge on any atom is -0.494 e. The largest absolute Gasteiger partial charge is 0.494 e. The predicted octanol–water partition coefficient (Wildman–Crippen LogP) is 6.21. The van der Waals surface area contributed by atoms with Crippen molar-refractivity contribution in [3.8, 4) is 17.2 Å². The molecule has 246 valence electrons. The van der Waals surface area contributed by atoms with Gasteiger partial charge in [-0.15, -0.1) is 11.8 Å². The van der Waals surface area contributed by atoms with Crippen molar-refractivity contribution >= 4 is 46.9 Å². The Bertz CT molecular complexity index is 1500. The first kappa shape index (κ1) is 36.3. The van der Waals surface area contributed by atoms with E-state index in [0.717, 1.165) is 65.7 Å². The molecule has 1 atom stereocenters. The Morgan fingerprint density at radius 2 is 1.61 bits per heavy atom. The van der Waals surface area contributed by atoms with Gasteiger partial charge in [0.15, 0.2) is 11.5 Å². The van der Waals surface area contributed by atoms with Crippen LogP contribution >= 0.6 is 23.4 Å². The first-order chi connectivity index (χ1) is 22.0. The summed E-state index contributed by atoms with van der Waals surface area (Å²) >= 11 is 7.72. The normalized spacial score (nSPS) is 14.0. The molecule has 1 aliphatic heterocycles. The third-order valence-electron chi connectivity index (χ3n) is 7.07. The summed E-state index contributed by atoms with van der Waals surface area (Å²) in [6.45, 7) is 2.64. The van der Waals surface area contributed by atoms with Crippen molar-refractivity contribution in [1.82, 2.24) is 4.90 Å². The van der Waals surface area contributed by atoms with Crippen LogP contribution in [0.4, 0.5) is 5.69 Å². The summed E-state index contributed by atoms with van der Waals surface area (Å²) in [5.74, 6) is -0.108. The summed E-state index contributed by atoms with van der Waals surface area (Å²) < 4.78 is 16.7. The van der Waals surface area contributed by atoms with Gasteiger partial charge in [0.05, 0.1) is 26.5 Å². The number of likely N-dealkylation sites (N-methyl/N-ethyl adjacent to an activating group) is 2. The summed E-state index contributed by atoms with van der Waals surface area (Å²) in [4.78, 5) is 37.1. The van der Waals surface area contributed by atoms with Crippen molar-refractivity contribution in [2.45, 2.75) is 29.4 Å². The molecule has 12 heteroatoms. The van der Waals surface area contributed by atoms with Crippen LogP contribution in [0.15, 0.2) is 77.7 Å². The zero-order valence-electron chi connectivity index (χ0n) is 26.3. The maximum atomic E-state index is 13.0. The fraction of sp³-hybridized carbons (Fsp3) is 0.324. The number of aliphatic carboxylic acids is 2. The summed E-state index contributed by atoms with van der Waals surface area (Å²) in [5.41, 5.74) is 3.09. The lowest BCUT2D eigenvalue weighted by Crippen LogP contribution is -2.33. The van der Waals surface area contributed by atoms with Gasteiger partial charge in [-0.05, 0) is 86.4 Å². The van der Waals surface area contributed by atoms with Gasteiger partial charge in [-0.2, -0.15) is 0 Å².